The molecular weight excluding hydrogens is 424 g/mol. The quantitative estimate of drug-likeness (QED) is 0.480. The Kier molecular flexibility index (Phi) is 5.20. The summed E-state index contributed by atoms with van der Waals surface area (Å²) in [5.41, 5.74) is 1.31. The summed E-state index contributed by atoms with van der Waals surface area (Å²) < 4.78 is 13.8. The molecule has 0 unspecified atom stereocenters. The van der Waals surface area contributed by atoms with Crippen LogP contribution in [0.5, 0.6) is 5.75 Å². The molecule has 0 aliphatic heterocycles. The van der Waals surface area contributed by atoms with Crippen LogP contribution in [0.4, 0.5) is 5.69 Å². The molecule has 0 aliphatic rings. The van der Waals surface area contributed by atoms with Gasteiger partial charge in [-0.05, 0) is 42.5 Å². The van der Waals surface area contributed by atoms with Gasteiger partial charge in [0.15, 0.2) is 5.76 Å². The van der Waals surface area contributed by atoms with Crippen molar-refractivity contribution in [1.82, 2.24) is 15.0 Å². The number of halogens is 1. The van der Waals surface area contributed by atoms with Crippen LogP contribution in [0.2, 0.25) is 0 Å². The van der Waals surface area contributed by atoms with Crippen molar-refractivity contribution in [2.24, 2.45) is 0 Å². The summed E-state index contributed by atoms with van der Waals surface area (Å²) in [4.78, 5) is 12.6. The fraction of sp³-hybridized carbons (Fsp3) is 0.0500. The van der Waals surface area contributed by atoms with Crippen molar-refractivity contribution in [2.75, 3.05) is 5.32 Å². The number of benzene rings is 2. The summed E-state index contributed by atoms with van der Waals surface area (Å²) >= 11 is 3.40. The number of carbonyl (C=O) groups excluding carboxylic acids is 1. The summed E-state index contributed by atoms with van der Waals surface area (Å²) in [5, 5.41) is 10.6. The lowest BCUT2D eigenvalue weighted by atomic mass is 10.2. The van der Waals surface area contributed by atoms with Crippen molar-refractivity contribution < 1.29 is 13.9 Å². The maximum atomic E-state index is 12.6. The van der Waals surface area contributed by atoms with Crippen LogP contribution in [-0.4, -0.2) is 20.9 Å². The highest BCUT2D eigenvalue weighted by molar-refractivity contribution is 9.10. The van der Waals surface area contributed by atoms with E-state index in [2.05, 4.69) is 31.6 Å². The van der Waals surface area contributed by atoms with E-state index in [1.807, 2.05) is 42.5 Å². The topological polar surface area (TPSA) is 82.2 Å². The molecule has 1 N–H and O–H groups in total. The first-order valence-corrected chi connectivity index (χ1v) is 9.22. The molecule has 2 heterocycles. The molecule has 1 amide bonds. The Bertz CT molecular complexity index is 1090. The molecule has 0 radical (unpaired) electrons. The normalized spacial score (nSPS) is 10.6. The predicted octanol–water partition coefficient (Wildman–Crippen LogP) is 4.45. The van der Waals surface area contributed by atoms with Crippen LogP contribution >= 0.6 is 15.9 Å². The first-order valence-electron chi connectivity index (χ1n) is 8.43. The molecule has 4 aromatic rings. The lowest BCUT2D eigenvalue weighted by Crippen LogP contribution is -2.13. The van der Waals surface area contributed by atoms with Gasteiger partial charge in [0.1, 0.15) is 18.1 Å². The number of para-hydroxylation sites is 2. The van der Waals surface area contributed by atoms with E-state index in [1.54, 1.807) is 35.3 Å². The Hall–Kier alpha value is -3.39. The van der Waals surface area contributed by atoms with Gasteiger partial charge in [0, 0.05) is 4.47 Å². The summed E-state index contributed by atoms with van der Waals surface area (Å²) in [7, 11) is 0. The number of nitrogens with zero attached hydrogens (tertiary/aromatic N) is 3. The maximum Gasteiger partial charge on any atom is 0.291 e. The van der Waals surface area contributed by atoms with Gasteiger partial charge in [-0.1, -0.05) is 39.3 Å². The number of furan rings is 1. The zero-order valence-electron chi connectivity index (χ0n) is 14.6. The van der Waals surface area contributed by atoms with Gasteiger partial charge in [-0.15, -0.1) is 5.10 Å². The van der Waals surface area contributed by atoms with Gasteiger partial charge in [0.05, 0.1) is 23.8 Å². The summed E-state index contributed by atoms with van der Waals surface area (Å²) in [5.74, 6) is 1.09. The number of carbonyl (C=O) groups is 1. The van der Waals surface area contributed by atoms with Crippen molar-refractivity contribution in [2.45, 2.75) is 6.61 Å². The van der Waals surface area contributed by atoms with Crippen molar-refractivity contribution in [3.05, 3.63) is 89.1 Å². The SMILES string of the molecule is O=C(Nc1ccccc1-n1ccnn1)c1ccc(COc2cccc(Br)c2)o1. The molecule has 4 rings (SSSR count). The molecule has 140 valence electrons. The van der Waals surface area contributed by atoms with Gasteiger partial charge >= 0.3 is 0 Å². The number of aromatic nitrogens is 3. The van der Waals surface area contributed by atoms with Crippen molar-refractivity contribution in [3.8, 4) is 11.4 Å². The molecule has 0 aliphatic carbocycles. The smallest absolute Gasteiger partial charge is 0.291 e. The summed E-state index contributed by atoms with van der Waals surface area (Å²) in [6.07, 6.45) is 3.28. The van der Waals surface area contributed by atoms with Crippen LogP contribution in [-0.2, 0) is 6.61 Å². The van der Waals surface area contributed by atoms with Gasteiger partial charge in [-0.2, -0.15) is 0 Å². The molecule has 0 spiro atoms. The molecule has 0 saturated heterocycles. The van der Waals surface area contributed by atoms with Crippen LogP contribution < -0.4 is 10.1 Å². The molecular formula is C20H15BrN4O3. The Morgan fingerprint density at radius 3 is 2.86 bits per heavy atom. The second kappa shape index (κ2) is 8.10. The third kappa shape index (κ3) is 4.12. The van der Waals surface area contributed by atoms with E-state index in [-0.39, 0.29) is 18.3 Å². The Morgan fingerprint density at radius 2 is 2.04 bits per heavy atom. The zero-order valence-corrected chi connectivity index (χ0v) is 16.2. The predicted molar refractivity (Wildman–Crippen MR) is 106 cm³/mol. The van der Waals surface area contributed by atoms with Crippen LogP contribution in [0.15, 0.2) is 81.9 Å². The first kappa shape index (κ1) is 18.0. The van der Waals surface area contributed by atoms with Gasteiger partial charge < -0.3 is 14.5 Å². The molecule has 8 heteroatoms. The summed E-state index contributed by atoms with van der Waals surface area (Å²) in [6, 6.07) is 18.2. The maximum absolute atomic E-state index is 12.6. The molecule has 0 saturated carbocycles. The van der Waals surface area contributed by atoms with Gasteiger partial charge in [0.25, 0.3) is 5.91 Å². The molecule has 0 atom stereocenters. The number of hydrogen-bond acceptors (Lipinski definition) is 5. The standard InChI is InChI=1S/C20H15BrN4O3/c21-14-4-3-5-15(12-14)27-13-16-8-9-19(28-16)20(26)23-17-6-1-2-7-18(17)25-11-10-22-24-25/h1-12H,13H2,(H,23,26). The number of hydrogen-bond donors (Lipinski definition) is 1. The highest BCUT2D eigenvalue weighted by Gasteiger charge is 2.14. The van der Waals surface area contributed by atoms with E-state index in [0.29, 0.717) is 22.9 Å². The van der Waals surface area contributed by atoms with Gasteiger partial charge in [-0.3, -0.25) is 4.79 Å². The van der Waals surface area contributed by atoms with Gasteiger partial charge in [-0.25, -0.2) is 4.68 Å². The minimum absolute atomic E-state index is 0.196. The average molecular weight is 439 g/mol. The van der Waals surface area contributed by atoms with Crippen LogP contribution in [0, 0.1) is 0 Å². The van der Waals surface area contributed by atoms with E-state index >= 15 is 0 Å². The lowest BCUT2D eigenvalue weighted by molar-refractivity contribution is 0.0992. The van der Waals surface area contributed by atoms with Crippen LogP contribution in [0.25, 0.3) is 5.69 Å². The first-order chi connectivity index (χ1) is 13.7. The third-order valence-corrected chi connectivity index (χ3v) is 4.38. The van der Waals surface area contributed by atoms with Crippen molar-refractivity contribution >= 4 is 27.5 Å². The van der Waals surface area contributed by atoms with Crippen LogP contribution in [0.1, 0.15) is 16.3 Å². The average Bonchev–Trinajstić information content (AvgIpc) is 3.39. The second-order valence-electron chi connectivity index (χ2n) is 5.83. The Balaban J connectivity index is 1.44. The second-order valence-corrected chi connectivity index (χ2v) is 6.75. The molecule has 0 bridgehead atoms. The molecule has 0 fully saturated rings. The minimum Gasteiger partial charge on any atom is -0.486 e. The van der Waals surface area contributed by atoms with E-state index in [4.69, 9.17) is 9.15 Å². The third-order valence-electron chi connectivity index (χ3n) is 3.88. The van der Waals surface area contributed by atoms with Crippen LogP contribution in [0.3, 0.4) is 0 Å². The largest absolute Gasteiger partial charge is 0.486 e. The summed E-state index contributed by atoms with van der Waals surface area (Å²) in [6.45, 7) is 0.222. The van der Waals surface area contributed by atoms with E-state index in [1.165, 1.54) is 0 Å². The molecule has 28 heavy (non-hydrogen) atoms. The highest BCUT2D eigenvalue weighted by atomic mass is 79.9. The molecule has 2 aromatic heterocycles. The zero-order chi connectivity index (χ0) is 19.3. The molecule has 2 aromatic carbocycles. The fourth-order valence-corrected chi connectivity index (χ4v) is 2.97. The van der Waals surface area contributed by atoms with Crippen molar-refractivity contribution in [3.63, 3.8) is 0 Å². The van der Waals surface area contributed by atoms with E-state index < -0.39 is 0 Å². The molecule has 7 nitrogen and oxygen atoms in total. The highest BCUT2D eigenvalue weighted by Crippen LogP contribution is 2.21. The minimum atomic E-state index is -0.360. The van der Waals surface area contributed by atoms with E-state index in [0.717, 1.165) is 4.47 Å². The monoisotopic (exact) mass is 438 g/mol. The number of nitrogens with one attached hydrogen (secondary N) is 1. The Morgan fingerprint density at radius 1 is 1.14 bits per heavy atom. The van der Waals surface area contributed by atoms with E-state index in [9.17, 15) is 4.79 Å². The lowest BCUT2D eigenvalue weighted by Gasteiger charge is -2.09. The van der Waals surface area contributed by atoms with Gasteiger partial charge in [0.2, 0.25) is 0 Å². The fourth-order valence-electron chi connectivity index (χ4n) is 2.59. The number of ether oxygens (including phenoxy) is 1. The Labute approximate surface area is 169 Å². The number of amides is 1. The number of anilines is 1. The van der Waals surface area contributed by atoms with Crippen molar-refractivity contribution in [1.29, 1.82) is 0 Å². The number of rotatable bonds is 6.